The highest BCUT2D eigenvalue weighted by Crippen LogP contribution is 2.09. The summed E-state index contributed by atoms with van der Waals surface area (Å²) in [5.41, 5.74) is 0. The molecule has 0 aromatic heterocycles. The van der Waals surface area contributed by atoms with Crippen LogP contribution < -0.4 is 0 Å². The van der Waals surface area contributed by atoms with Crippen LogP contribution in [0.2, 0.25) is 0 Å². The second-order valence-electron chi connectivity index (χ2n) is 4.42. The molecule has 4 atom stereocenters. The molecule has 0 aliphatic rings. The van der Waals surface area contributed by atoms with E-state index >= 15 is 0 Å². The predicted octanol–water partition coefficient (Wildman–Crippen LogP) is -2.25. The number of carbonyl (C=O) groups excluding carboxylic acids is 2. The molecule has 0 fully saturated rings. The van der Waals surface area contributed by atoms with Gasteiger partial charge in [-0.05, 0) is 13.8 Å². The molecule has 4 unspecified atom stereocenters. The summed E-state index contributed by atoms with van der Waals surface area (Å²) in [7, 11) is 0. The van der Waals surface area contributed by atoms with Gasteiger partial charge in [0.25, 0.3) is 0 Å². The third kappa shape index (κ3) is 5.65. The van der Waals surface area contributed by atoms with Crippen molar-refractivity contribution in [2.24, 2.45) is 0 Å². The van der Waals surface area contributed by atoms with Crippen LogP contribution in [0.25, 0.3) is 0 Å². The first-order valence-corrected chi connectivity index (χ1v) is 5.62. The number of Topliss-reactive ketones (excluding diaryl/α,β-unsaturated/α-hetero) is 2. The van der Waals surface area contributed by atoms with Crippen LogP contribution in [0.5, 0.6) is 0 Å². The fraction of sp³-hybridized carbons (Fsp3) is 0.818. The monoisotopic (exact) mass is 264 g/mol. The minimum Gasteiger partial charge on any atom is -0.393 e. The zero-order chi connectivity index (χ0) is 14.5. The van der Waals surface area contributed by atoms with Crippen molar-refractivity contribution in [3.63, 3.8) is 0 Å². The molecule has 106 valence electrons. The zero-order valence-corrected chi connectivity index (χ0v) is 10.4. The summed E-state index contributed by atoms with van der Waals surface area (Å²) in [6.45, 7) is 2.65. The maximum atomic E-state index is 11.3. The van der Waals surface area contributed by atoms with Crippen LogP contribution in [0.4, 0.5) is 0 Å². The van der Waals surface area contributed by atoms with E-state index in [0.29, 0.717) is 0 Å². The molecular formula is C11H20O7. The van der Waals surface area contributed by atoms with Crippen molar-refractivity contribution in [3.05, 3.63) is 0 Å². The maximum Gasteiger partial charge on any atom is 0.166 e. The van der Waals surface area contributed by atoms with Gasteiger partial charge < -0.3 is 25.5 Å². The summed E-state index contributed by atoms with van der Waals surface area (Å²) in [6, 6.07) is 0. The Morgan fingerprint density at radius 1 is 0.778 bits per heavy atom. The lowest BCUT2D eigenvalue weighted by Gasteiger charge is -2.22. The quantitative estimate of drug-likeness (QED) is 0.334. The summed E-state index contributed by atoms with van der Waals surface area (Å²) in [6.07, 6.45) is -8.65. The zero-order valence-electron chi connectivity index (χ0n) is 10.4. The molecule has 5 N–H and O–H groups in total. The molecule has 0 aromatic rings. The minimum absolute atomic E-state index is 0.393. The molecule has 0 amide bonds. The van der Waals surface area contributed by atoms with Crippen LogP contribution in [0.1, 0.15) is 26.7 Å². The predicted molar refractivity (Wildman–Crippen MR) is 60.6 cm³/mol. The SMILES string of the molecule is CC(O)CC(=O)C(O)C(O)C(O)C(=O)CC(C)O. The Morgan fingerprint density at radius 3 is 1.28 bits per heavy atom. The molecule has 0 saturated carbocycles. The van der Waals surface area contributed by atoms with Gasteiger partial charge in [0.15, 0.2) is 11.6 Å². The first kappa shape index (κ1) is 17.1. The molecule has 0 bridgehead atoms. The number of aliphatic hydroxyl groups is 5. The fourth-order valence-electron chi connectivity index (χ4n) is 1.38. The average Bonchev–Trinajstić information content (AvgIpc) is 2.24. The average molecular weight is 264 g/mol. The molecule has 0 rings (SSSR count). The molecule has 0 saturated heterocycles. The van der Waals surface area contributed by atoms with Gasteiger partial charge in [-0.25, -0.2) is 0 Å². The molecule has 0 aliphatic heterocycles. The highest BCUT2D eigenvalue weighted by atomic mass is 16.4. The standard InChI is InChI=1S/C11H20O7/c1-5(12)3-7(14)9(16)11(18)10(17)8(15)4-6(2)13/h5-6,9-13,16-18H,3-4H2,1-2H3. The first-order chi connectivity index (χ1) is 8.16. The van der Waals surface area contributed by atoms with Crippen LogP contribution in [0.15, 0.2) is 0 Å². The van der Waals surface area contributed by atoms with Crippen molar-refractivity contribution < 1.29 is 35.1 Å². The lowest BCUT2D eigenvalue weighted by Crippen LogP contribution is -2.46. The summed E-state index contributed by atoms with van der Waals surface area (Å²) in [5, 5.41) is 46.1. The summed E-state index contributed by atoms with van der Waals surface area (Å²) < 4.78 is 0. The number of ketones is 2. The lowest BCUT2D eigenvalue weighted by molar-refractivity contribution is -0.148. The number of carbonyl (C=O) groups is 2. The normalized spacial score (nSPS) is 19.7. The van der Waals surface area contributed by atoms with Crippen molar-refractivity contribution in [1.82, 2.24) is 0 Å². The Morgan fingerprint density at radius 2 is 1.06 bits per heavy atom. The van der Waals surface area contributed by atoms with Gasteiger partial charge in [-0.3, -0.25) is 9.59 Å². The van der Waals surface area contributed by atoms with Gasteiger partial charge in [0, 0.05) is 12.8 Å². The minimum atomic E-state index is -1.97. The summed E-state index contributed by atoms with van der Waals surface area (Å²) >= 11 is 0. The highest BCUT2D eigenvalue weighted by molar-refractivity contribution is 5.87. The van der Waals surface area contributed by atoms with Crippen molar-refractivity contribution in [3.8, 4) is 0 Å². The van der Waals surface area contributed by atoms with Crippen LogP contribution in [0, 0.1) is 0 Å². The third-order valence-corrected chi connectivity index (χ3v) is 2.30. The number of hydrogen-bond donors (Lipinski definition) is 5. The van der Waals surface area contributed by atoms with E-state index in [1.54, 1.807) is 0 Å². The van der Waals surface area contributed by atoms with Gasteiger partial charge in [0.05, 0.1) is 12.2 Å². The number of aliphatic hydroxyl groups excluding tert-OH is 5. The van der Waals surface area contributed by atoms with Crippen molar-refractivity contribution >= 4 is 11.6 Å². The van der Waals surface area contributed by atoms with E-state index in [1.807, 2.05) is 0 Å². The van der Waals surface area contributed by atoms with Crippen molar-refractivity contribution in [1.29, 1.82) is 0 Å². The van der Waals surface area contributed by atoms with Gasteiger partial charge in [0.1, 0.15) is 18.3 Å². The van der Waals surface area contributed by atoms with Gasteiger partial charge >= 0.3 is 0 Å². The molecule has 0 aromatic carbocycles. The molecule has 0 aliphatic carbocycles. The van der Waals surface area contributed by atoms with E-state index in [2.05, 4.69) is 0 Å². The second kappa shape index (κ2) is 7.55. The molecule has 0 spiro atoms. The van der Waals surface area contributed by atoms with E-state index < -0.39 is 54.9 Å². The Hall–Kier alpha value is -0.860. The maximum absolute atomic E-state index is 11.3. The first-order valence-electron chi connectivity index (χ1n) is 5.62. The van der Waals surface area contributed by atoms with E-state index in [-0.39, 0.29) is 0 Å². The van der Waals surface area contributed by atoms with Gasteiger partial charge in [-0.1, -0.05) is 0 Å². The molecular weight excluding hydrogens is 244 g/mol. The van der Waals surface area contributed by atoms with E-state index in [9.17, 15) is 24.9 Å². The van der Waals surface area contributed by atoms with Crippen LogP contribution in [-0.4, -0.2) is 67.6 Å². The van der Waals surface area contributed by atoms with E-state index in [0.717, 1.165) is 0 Å². The largest absolute Gasteiger partial charge is 0.393 e. The van der Waals surface area contributed by atoms with Gasteiger partial charge in [0.2, 0.25) is 0 Å². The Bertz CT molecular complexity index is 259. The van der Waals surface area contributed by atoms with E-state index in [1.165, 1.54) is 13.8 Å². The van der Waals surface area contributed by atoms with Gasteiger partial charge in [-0.2, -0.15) is 0 Å². The smallest absolute Gasteiger partial charge is 0.166 e. The molecule has 7 heteroatoms. The van der Waals surface area contributed by atoms with Crippen LogP contribution in [0.3, 0.4) is 0 Å². The summed E-state index contributed by atoms with van der Waals surface area (Å²) in [4.78, 5) is 22.6. The fourth-order valence-corrected chi connectivity index (χ4v) is 1.38. The second-order valence-corrected chi connectivity index (χ2v) is 4.42. The topological polar surface area (TPSA) is 135 Å². The van der Waals surface area contributed by atoms with Gasteiger partial charge in [-0.15, -0.1) is 0 Å². The molecule has 18 heavy (non-hydrogen) atoms. The Balaban J connectivity index is 4.48. The lowest BCUT2D eigenvalue weighted by atomic mass is 9.96. The van der Waals surface area contributed by atoms with Crippen molar-refractivity contribution in [2.45, 2.75) is 57.2 Å². The van der Waals surface area contributed by atoms with Crippen LogP contribution >= 0.6 is 0 Å². The highest BCUT2D eigenvalue weighted by Gasteiger charge is 2.34. The van der Waals surface area contributed by atoms with Crippen LogP contribution in [-0.2, 0) is 9.59 Å². The molecule has 0 heterocycles. The molecule has 7 nitrogen and oxygen atoms in total. The Kier molecular flexibility index (Phi) is 7.19. The Labute approximate surface area is 105 Å². The van der Waals surface area contributed by atoms with E-state index in [4.69, 9.17) is 10.2 Å². The number of hydrogen-bond acceptors (Lipinski definition) is 7. The summed E-state index contributed by atoms with van der Waals surface area (Å²) in [5.74, 6) is -1.75. The molecule has 0 radical (unpaired) electrons. The third-order valence-electron chi connectivity index (χ3n) is 2.30. The number of rotatable bonds is 8. The van der Waals surface area contributed by atoms with Crippen molar-refractivity contribution in [2.75, 3.05) is 0 Å².